The molecule has 5 heteroatoms. The minimum Gasteiger partial charge on any atom is -0.323 e. The fraction of sp³-hybridized carbons (Fsp3) is 0.467. The number of urea groups is 1. The number of hydrogen-bond acceptors (Lipinski definition) is 3. The molecule has 2 aliphatic rings. The van der Waals surface area contributed by atoms with Gasteiger partial charge in [0.05, 0.1) is 0 Å². The van der Waals surface area contributed by atoms with E-state index < -0.39 is 5.54 Å². The monoisotopic (exact) mass is 273 g/mol. The zero-order valence-electron chi connectivity index (χ0n) is 11.7. The van der Waals surface area contributed by atoms with Gasteiger partial charge in [-0.25, -0.2) is 4.79 Å². The fourth-order valence-electron chi connectivity index (χ4n) is 3.57. The van der Waals surface area contributed by atoms with E-state index in [4.69, 9.17) is 0 Å². The van der Waals surface area contributed by atoms with Gasteiger partial charge in [-0.15, -0.1) is 0 Å². The number of rotatable bonds is 1. The molecule has 1 aromatic carbocycles. The van der Waals surface area contributed by atoms with Gasteiger partial charge in [0.25, 0.3) is 5.91 Å². The maximum Gasteiger partial charge on any atom is 0.322 e. The Hall–Kier alpha value is -1.88. The average Bonchev–Trinajstić information content (AvgIpc) is 2.72. The van der Waals surface area contributed by atoms with E-state index in [9.17, 15) is 9.59 Å². The molecule has 1 spiro atoms. The molecule has 0 bridgehead atoms. The van der Waals surface area contributed by atoms with Crippen molar-refractivity contribution in [1.82, 2.24) is 15.5 Å². The van der Waals surface area contributed by atoms with E-state index in [2.05, 4.69) is 34.7 Å². The summed E-state index contributed by atoms with van der Waals surface area (Å²) in [7, 11) is 2.07. The van der Waals surface area contributed by atoms with Crippen molar-refractivity contribution in [2.75, 3.05) is 13.6 Å². The summed E-state index contributed by atoms with van der Waals surface area (Å²) >= 11 is 0. The lowest BCUT2D eigenvalue weighted by Gasteiger charge is -2.47. The molecule has 5 nitrogen and oxygen atoms in total. The average molecular weight is 273 g/mol. The molecule has 106 valence electrons. The van der Waals surface area contributed by atoms with Crippen molar-refractivity contribution in [3.63, 3.8) is 0 Å². The van der Waals surface area contributed by atoms with Crippen LogP contribution in [0.2, 0.25) is 0 Å². The van der Waals surface area contributed by atoms with Crippen molar-refractivity contribution in [1.29, 1.82) is 0 Å². The van der Waals surface area contributed by atoms with Crippen molar-refractivity contribution in [2.45, 2.75) is 24.9 Å². The maximum absolute atomic E-state index is 12.2. The lowest BCUT2D eigenvalue weighted by molar-refractivity contribution is -0.129. The third-order valence-electron chi connectivity index (χ3n) is 4.69. The molecule has 0 aliphatic carbocycles. The van der Waals surface area contributed by atoms with Crippen LogP contribution in [0.3, 0.4) is 0 Å². The molecule has 0 saturated carbocycles. The number of imide groups is 1. The highest BCUT2D eigenvalue weighted by molar-refractivity contribution is 6.07. The van der Waals surface area contributed by atoms with Crippen molar-refractivity contribution < 1.29 is 9.59 Å². The Balaban J connectivity index is 1.99. The number of piperidine rings is 1. The number of carbonyl (C=O) groups excluding carboxylic acids is 2. The van der Waals surface area contributed by atoms with E-state index in [0.717, 1.165) is 6.54 Å². The molecule has 2 heterocycles. The molecule has 2 N–H and O–H groups in total. The standard InChI is InChI=1S/C15H19N3O2/c1-10-12(11-6-4-3-5-7-11)18(2)9-8-15(10)13(19)16-14(20)17-15/h3-7,10,12H,8-9H2,1-2H3,(H2,16,17,19,20)/t10-,12+,15+/m1/s1. The zero-order valence-corrected chi connectivity index (χ0v) is 11.7. The number of benzene rings is 1. The minimum atomic E-state index is -0.774. The van der Waals surface area contributed by atoms with E-state index >= 15 is 0 Å². The van der Waals surface area contributed by atoms with Gasteiger partial charge in [-0.3, -0.25) is 15.0 Å². The summed E-state index contributed by atoms with van der Waals surface area (Å²) < 4.78 is 0. The second kappa shape index (κ2) is 4.59. The number of carbonyl (C=O) groups is 2. The van der Waals surface area contributed by atoms with E-state index in [-0.39, 0.29) is 23.9 Å². The Labute approximate surface area is 118 Å². The Morgan fingerprint density at radius 3 is 2.55 bits per heavy atom. The largest absolute Gasteiger partial charge is 0.323 e. The molecule has 0 unspecified atom stereocenters. The summed E-state index contributed by atoms with van der Waals surface area (Å²) in [4.78, 5) is 26.0. The third kappa shape index (κ3) is 1.81. The molecule has 3 rings (SSSR count). The lowest BCUT2D eigenvalue weighted by atomic mass is 9.72. The van der Waals surface area contributed by atoms with Crippen LogP contribution in [0.4, 0.5) is 4.79 Å². The van der Waals surface area contributed by atoms with E-state index in [1.54, 1.807) is 0 Å². The lowest BCUT2D eigenvalue weighted by Crippen LogP contribution is -2.60. The maximum atomic E-state index is 12.2. The molecule has 3 amide bonds. The molecule has 0 aromatic heterocycles. The predicted molar refractivity (Wildman–Crippen MR) is 75.0 cm³/mol. The van der Waals surface area contributed by atoms with Crippen molar-refractivity contribution in [3.05, 3.63) is 35.9 Å². The van der Waals surface area contributed by atoms with Crippen molar-refractivity contribution >= 4 is 11.9 Å². The first-order valence-corrected chi connectivity index (χ1v) is 6.93. The van der Waals surface area contributed by atoms with Crippen LogP contribution in [-0.4, -0.2) is 36.0 Å². The fourth-order valence-corrected chi connectivity index (χ4v) is 3.57. The summed E-state index contributed by atoms with van der Waals surface area (Å²) in [5.74, 6) is -0.181. The first-order valence-electron chi connectivity index (χ1n) is 6.93. The molecule has 2 saturated heterocycles. The molecule has 2 fully saturated rings. The third-order valence-corrected chi connectivity index (χ3v) is 4.69. The Bertz CT molecular complexity index is 545. The highest BCUT2D eigenvalue weighted by atomic mass is 16.2. The van der Waals surface area contributed by atoms with Gasteiger partial charge in [-0.05, 0) is 19.0 Å². The van der Waals surface area contributed by atoms with Crippen LogP contribution in [0.1, 0.15) is 24.9 Å². The van der Waals surface area contributed by atoms with E-state index in [0.29, 0.717) is 6.42 Å². The van der Waals surface area contributed by atoms with Gasteiger partial charge in [0.2, 0.25) is 0 Å². The summed E-state index contributed by atoms with van der Waals surface area (Å²) in [5.41, 5.74) is 0.403. The van der Waals surface area contributed by atoms with Gasteiger partial charge >= 0.3 is 6.03 Å². The highest BCUT2D eigenvalue weighted by Gasteiger charge is 2.55. The first kappa shape index (κ1) is 13.1. The Morgan fingerprint density at radius 1 is 1.25 bits per heavy atom. The number of nitrogens with zero attached hydrogens (tertiary/aromatic N) is 1. The first-order chi connectivity index (χ1) is 9.54. The van der Waals surface area contributed by atoms with Crippen LogP contribution in [0, 0.1) is 5.92 Å². The van der Waals surface area contributed by atoms with E-state index in [1.807, 2.05) is 25.1 Å². The highest BCUT2D eigenvalue weighted by Crippen LogP contribution is 2.42. The normalized spacial score (nSPS) is 34.1. The van der Waals surface area contributed by atoms with Gasteiger partial charge in [0, 0.05) is 18.5 Å². The number of hydrogen-bond donors (Lipinski definition) is 2. The molecular weight excluding hydrogens is 254 g/mol. The van der Waals surface area contributed by atoms with Gasteiger partial charge in [0.1, 0.15) is 5.54 Å². The van der Waals surface area contributed by atoms with Crippen LogP contribution < -0.4 is 10.6 Å². The molecular formula is C15H19N3O2. The predicted octanol–water partition coefficient (Wildman–Crippen LogP) is 1.28. The molecule has 3 atom stereocenters. The van der Waals surface area contributed by atoms with Crippen LogP contribution in [-0.2, 0) is 4.79 Å². The number of likely N-dealkylation sites (tertiary alicyclic amines) is 1. The van der Waals surface area contributed by atoms with Gasteiger partial charge in [0.15, 0.2) is 0 Å². The number of nitrogens with one attached hydrogen (secondary N) is 2. The van der Waals surface area contributed by atoms with Crippen LogP contribution >= 0.6 is 0 Å². The minimum absolute atomic E-state index is 0.00935. The SMILES string of the molecule is C[C@@H]1[C@@H](c2ccccc2)N(C)CC[C@]12NC(=O)NC2=O. The van der Waals surface area contributed by atoms with Crippen LogP contribution in [0.15, 0.2) is 30.3 Å². The smallest absolute Gasteiger partial charge is 0.322 e. The topological polar surface area (TPSA) is 61.4 Å². The summed E-state index contributed by atoms with van der Waals surface area (Å²) in [6, 6.07) is 9.88. The summed E-state index contributed by atoms with van der Waals surface area (Å²) in [6.45, 7) is 2.82. The summed E-state index contributed by atoms with van der Waals surface area (Å²) in [6.07, 6.45) is 0.644. The Kier molecular flexibility index (Phi) is 3.01. The Morgan fingerprint density at radius 2 is 1.95 bits per heavy atom. The molecule has 1 aromatic rings. The van der Waals surface area contributed by atoms with Crippen LogP contribution in [0.5, 0.6) is 0 Å². The van der Waals surface area contributed by atoms with Crippen molar-refractivity contribution in [2.24, 2.45) is 5.92 Å². The zero-order chi connectivity index (χ0) is 14.3. The quantitative estimate of drug-likeness (QED) is 0.758. The van der Waals surface area contributed by atoms with E-state index in [1.165, 1.54) is 5.56 Å². The van der Waals surface area contributed by atoms with Crippen molar-refractivity contribution in [3.8, 4) is 0 Å². The second-order valence-electron chi connectivity index (χ2n) is 5.75. The van der Waals surface area contributed by atoms with Gasteiger partial charge in [-0.1, -0.05) is 37.3 Å². The van der Waals surface area contributed by atoms with Gasteiger partial charge < -0.3 is 5.32 Å². The van der Waals surface area contributed by atoms with Gasteiger partial charge in [-0.2, -0.15) is 0 Å². The number of amides is 3. The molecule has 2 aliphatic heterocycles. The molecule has 0 radical (unpaired) electrons. The second-order valence-corrected chi connectivity index (χ2v) is 5.75. The van der Waals surface area contributed by atoms with Crippen LogP contribution in [0.25, 0.3) is 0 Å². The molecule has 20 heavy (non-hydrogen) atoms. The summed E-state index contributed by atoms with van der Waals surface area (Å²) in [5, 5.41) is 5.25.